The van der Waals surface area contributed by atoms with Gasteiger partial charge in [0.1, 0.15) is 5.75 Å². The Morgan fingerprint density at radius 3 is 2.57 bits per heavy atom. The standard InChI is InChI=1S/C29H34N4O4/c1-20-26(34)30-19-29(14-8-7-10-21-9-3-6-13-24(21)37-20)15-17-33(18-16-29)28(36)25-27(35)32(2)23-12-5-4-11-22(23)31-25/h3-6,9,11-13,20H,7-8,10,14-19H2,1-2H3,(H,30,34)/t20-/m1/s1. The number of aromatic nitrogens is 2. The Bertz CT molecular complexity index is 1370. The Labute approximate surface area is 216 Å². The van der Waals surface area contributed by atoms with E-state index in [9.17, 15) is 14.4 Å². The molecule has 194 valence electrons. The highest BCUT2D eigenvalue weighted by atomic mass is 16.5. The number of ether oxygens (including phenoxy) is 1. The van der Waals surface area contributed by atoms with Gasteiger partial charge in [0.25, 0.3) is 17.4 Å². The number of hydrogen-bond acceptors (Lipinski definition) is 5. The van der Waals surface area contributed by atoms with Crippen molar-refractivity contribution < 1.29 is 14.3 Å². The molecule has 0 aliphatic carbocycles. The summed E-state index contributed by atoms with van der Waals surface area (Å²) in [5.74, 6) is 0.329. The van der Waals surface area contributed by atoms with Crippen molar-refractivity contribution in [3.8, 4) is 5.75 Å². The first-order chi connectivity index (χ1) is 17.9. The molecular formula is C29H34N4O4. The number of aryl methyl sites for hydroxylation is 2. The summed E-state index contributed by atoms with van der Waals surface area (Å²) in [6, 6.07) is 15.3. The summed E-state index contributed by atoms with van der Waals surface area (Å²) in [6.45, 7) is 3.39. The molecule has 8 heteroatoms. The summed E-state index contributed by atoms with van der Waals surface area (Å²) in [4.78, 5) is 45.3. The molecule has 0 radical (unpaired) electrons. The van der Waals surface area contributed by atoms with Crippen LogP contribution >= 0.6 is 0 Å². The van der Waals surface area contributed by atoms with E-state index in [2.05, 4.69) is 16.4 Å². The molecule has 1 saturated heterocycles. The number of benzene rings is 2. The summed E-state index contributed by atoms with van der Waals surface area (Å²) in [5, 5.41) is 3.12. The fourth-order valence-electron chi connectivity index (χ4n) is 5.57. The molecule has 1 fully saturated rings. The zero-order chi connectivity index (χ0) is 26.0. The van der Waals surface area contributed by atoms with Crippen molar-refractivity contribution in [2.24, 2.45) is 12.5 Å². The van der Waals surface area contributed by atoms with Crippen LogP contribution < -0.4 is 15.6 Å². The zero-order valence-corrected chi connectivity index (χ0v) is 21.5. The lowest BCUT2D eigenvalue weighted by molar-refractivity contribution is -0.128. The molecule has 2 aliphatic heterocycles. The number of para-hydroxylation sites is 3. The van der Waals surface area contributed by atoms with Gasteiger partial charge in [-0.2, -0.15) is 0 Å². The highest BCUT2D eigenvalue weighted by Gasteiger charge is 2.37. The van der Waals surface area contributed by atoms with E-state index in [1.54, 1.807) is 18.9 Å². The van der Waals surface area contributed by atoms with E-state index in [0.717, 1.165) is 49.8 Å². The highest BCUT2D eigenvalue weighted by molar-refractivity contribution is 5.94. The molecule has 37 heavy (non-hydrogen) atoms. The van der Waals surface area contributed by atoms with E-state index in [1.807, 2.05) is 42.5 Å². The fourth-order valence-corrected chi connectivity index (χ4v) is 5.57. The summed E-state index contributed by atoms with van der Waals surface area (Å²) >= 11 is 0. The number of rotatable bonds is 1. The smallest absolute Gasteiger partial charge is 0.282 e. The van der Waals surface area contributed by atoms with Crippen LogP contribution in [0.15, 0.2) is 53.3 Å². The monoisotopic (exact) mass is 502 g/mol. The first kappa shape index (κ1) is 25.0. The van der Waals surface area contributed by atoms with Crippen molar-refractivity contribution in [2.75, 3.05) is 19.6 Å². The second kappa shape index (κ2) is 10.4. The van der Waals surface area contributed by atoms with Gasteiger partial charge in [-0.25, -0.2) is 4.98 Å². The molecule has 1 atom stereocenters. The third-order valence-corrected chi connectivity index (χ3v) is 7.98. The minimum Gasteiger partial charge on any atom is -0.481 e. The summed E-state index contributed by atoms with van der Waals surface area (Å²) in [5.41, 5.74) is 1.95. The molecule has 0 bridgehead atoms. The van der Waals surface area contributed by atoms with Crippen LogP contribution in [0.5, 0.6) is 5.75 Å². The van der Waals surface area contributed by atoms with Crippen LogP contribution in [0.1, 0.15) is 55.1 Å². The lowest BCUT2D eigenvalue weighted by Gasteiger charge is -2.42. The largest absolute Gasteiger partial charge is 0.481 e. The van der Waals surface area contributed by atoms with E-state index >= 15 is 0 Å². The van der Waals surface area contributed by atoms with Crippen molar-refractivity contribution in [1.29, 1.82) is 0 Å². The van der Waals surface area contributed by atoms with Crippen molar-refractivity contribution in [1.82, 2.24) is 19.8 Å². The topological polar surface area (TPSA) is 93.5 Å². The molecule has 5 rings (SSSR count). The number of likely N-dealkylation sites (tertiary alicyclic amines) is 1. The van der Waals surface area contributed by atoms with Gasteiger partial charge in [0.2, 0.25) is 0 Å². The number of nitrogens with one attached hydrogen (secondary N) is 1. The van der Waals surface area contributed by atoms with Crippen LogP contribution in [-0.4, -0.2) is 52.0 Å². The van der Waals surface area contributed by atoms with E-state index in [0.29, 0.717) is 30.7 Å². The van der Waals surface area contributed by atoms with E-state index in [1.165, 1.54) is 4.57 Å². The average molecular weight is 503 g/mol. The predicted molar refractivity (Wildman–Crippen MR) is 142 cm³/mol. The first-order valence-electron chi connectivity index (χ1n) is 13.1. The summed E-state index contributed by atoms with van der Waals surface area (Å²) in [7, 11) is 1.67. The van der Waals surface area contributed by atoms with Gasteiger partial charge in [-0.3, -0.25) is 14.4 Å². The fraction of sp³-hybridized carbons (Fsp3) is 0.448. The van der Waals surface area contributed by atoms with E-state index in [-0.39, 0.29) is 28.5 Å². The lowest BCUT2D eigenvalue weighted by Crippen LogP contribution is -2.50. The Hall–Kier alpha value is -3.68. The quantitative estimate of drug-likeness (QED) is 0.550. The Morgan fingerprint density at radius 1 is 1.03 bits per heavy atom. The molecule has 1 spiro atoms. The highest BCUT2D eigenvalue weighted by Crippen LogP contribution is 2.37. The van der Waals surface area contributed by atoms with Crippen LogP contribution in [0.2, 0.25) is 0 Å². The third kappa shape index (κ3) is 5.10. The normalized spacial score (nSPS) is 20.3. The maximum atomic E-state index is 13.4. The molecule has 0 unspecified atom stereocenters. The molecule has 3 aromatic rings. The second-order valence-corrected chi connectivity index (χ2v) is 10.4. The maximum Gasteiger partial charge on any atom is 0.282 e. The first-order valence-corrected chi connectivity index (χ1v) is 13.1. The number of hydrogen-bond donors (Lipinski definition) is 1. The lowest BCUT2D eigenvalue weighted by atomic mass is 9.74. The SMILES string of the molecule is C[C@H]1Oc2ccccc2CCCCC2(CCN(C(=O)c3nc4ccccc4n(C)c3=O)CC2)CNC1=O. The van der Waals surface area contributed by atoms with Gasteiger partial charge in [-0.15, -0.1) is 0 Å². The zero-order valence-electron chi connectivity index (χ0n) is 21.5. The second-order valence-electron chi connectivity index (χ2n) is 10.4. The molecule has 2 aromatic carbocycles. The third-order valence-electron chi connectivity index (χ3n) is 7.98. The van der Waals surface area contributed by atoms with Crippen LogP contribution in [-0.2, 0) is 18.3 Å². The van der Waals surface area contributed by atoms with Crippen molar-refractivity contribution in [3.05, 3.63) is 70.1 Å². The Morgan fingerprint density at radius 2 is 1.76 bits per heavy atom. The number of piperidine rings is 1. The van der Waals surface area contributed by atoms with E-state index < -0.39 is 6.10 Å². The van der Waals surface area contributed by atoms with Crippen LogP contribution in [0, 0.1) is 5.41 Å². The van der Waals surface area contributed by atoms with Gasteiger partial charge in [-0.05, 0) is 68.2 Å². The molecule has 1 aromatic heterocycles. The number of amides is 2. The number of fused-ring (bicyclic) bond motifs is 2. The van der Waals surface area contributed by atoms with Gasteiger partial charge in [0.15, 0.2) is 11.8 Å². The summed E-state index contributed by atoms with van der Waals surface area (Å²) < 4.78 is 7.49. The molecule has 0 saturated carbocycles. The van der Waals surface area contributed by atoms with Gasteiger partial charge in [0, 0.05) is 26.7 Å². The molecule has 1 N–H and O–H groups in total. The molecule has 2 aliphatic rings. The van der Waals surface area contributed by atoms with Crippen molar-refractivity contribution in [2.45, 2.75) is 51.6 Å². The number of carbonyl (C=O) groups excluding carboxylic acids is 2. The average Bonchev–Trinajstić information content (AvgIpc) is 2.92. The van der Waals surface area contributed by atoms with Crippen molar-refractivity contribution in [3.63, 3.8) is 0 Å². The number of carbonyl (C=O) groups is 2. The predicted octanol–water partition coefficient (Wildman–Crippen LogP) is 3.47. The summed E-state index contributed by atoms with van der Waals surface area (Å²) in [6.07, 6.45) is 4.88. The molecule has 2 amide bonds. The maximum absolute atomic E-state index is 13.4. The van der Waals surface area contributed by atoms with Crippen LogP contribution in [0.25, 0.3) is 11.0 Å². The van der Waals surface area contributed by atoms with E-state index in [4.69, 9.17) is 4.74 Å². The Balaban J connectivity index is 1.30. The minimum absolute atomic E-state index is 0.0335. The van der Waals surface area contributed by atoms with Crippen LogP contribution in [0.4, 0.5) is 0 Å². The minimum atomic E-state index is -0.588. The molecular weight excluding hydrogens is 468 g/mol. The van der Waals surface area contributed by atoms with Gasteiger partial charge in [0.05, 0.1) is 11.0 Å². The van der Waals surface area contributed by atoms with Gasteiger partial charge >= 0.3 is 0 Å². The number of nitrogens with zero attached hydrogens (tertiary/aromatic N) is 3. The Kier molecular flexibility index (Phi) is 7.00. The van der Waals surface area contributed by atoms with Crippen molar-refractivity contribution >= 4 is 22.8 Å². The van der Waals surface area contributed by atoms with Gasteiger partial charge < -0.3 is 19.5 Å². The molecule has 3 heterocycles. The van der Waals surface area contributed by atoms with Crippen LogP contribution in [0.3, 0.4) is 0 Å². The molecule has 8 nitrogen and oxygen atoms in total. The van der Waals surface area contributed by atoms with Gasteiger partial charge in [-0.1, -0.05) is 36.8 Å².